The molecule has 0 aliphatic rings. The van der Waals surface area contributed by atoms with Gasteiger partial charge in [0.05, 0.1) is 31.4 Å². The summed E-state index contributed by atoms with van der Waals surface area (Å²) in [5.41, 5.74) is 3.16. The lowest BCUT2D eigenvalue weighted by Crippen LogP contribution is -2.08. The smallest absolute Gasteiger partial charge is 0.306 e. The van der Waals surface area contributed by atoms with Crippen LogP contribution in [0.15, 0.2) is 54.6 Å². The van der Waals surface area contributed by atoms with E-state index >= 15 is 0 Å². The van der Waals surface area contributed by atoms with Crippen molar-refractivity contribution in [2.45, 2.75) is 19.8 Å². The van der Waals surface area contributed by atoms with Crippen LogP contribution in [-0.2, 0) is 16.0 Å². The van der Waals surface area contributed by atoms with Crippen LogP contribution in [0.1, 0.15) is 24.6 Å². The molecule has 0 radical (unpaired) electrons. The first kappa shape index (κ1) is 20.2. The first-order valence-electron chi connectivity index (χ1n) is 9.28. The van der Waals surface area contributed by atoms with Crippen molar-refractivity contribution < 1.29 is 18.7 Å². The Morgan fingerprint density at radius 3 is 2.52 bits per heavy atom. The Balaban J connectivity index is 2.05. The fraction of sp³-hybridized carbons (Fsp3) is 0.217. The molecule has 3 rings (SSSR count). The van der Waals surface area contributed by atoms with Crippen LogP contribution in [0.4, 0.5) is 4.39 Å². The molecular weight excluding hydrogens is 371 g/mol. The van der Waals surface area contributed by atoms with Gasteiger partial charge >= 0.3 is 5.97 Å². The third-order valence-corrected chi connectivity index (χ3v) is 4.57. The van der Waals surface area contributed by atoms with E-state index < -0.39 is 5.82 Å². The van der Waals surface area contributed by atoms with Gasteiger partial charge in [0.1, 0.15) is 17.6 Å². The van der Waals surface area contributed by atoms with E-state index in [4.69, 9.17) is 14.7 Å². The topological polar surface area (TPSA) is 64.2 Å². The summed E-state index contributed by atoms with van der Waals surface area (Å²) in [4.78, 5) is 11.8. The van der Waals surface area contributed by atoms with E-state index in [-0.39, 0.29) is 18.0 Å². The molecule has 0 aliphatic carbocycles. The Morgan fingerprint density at radius 1 is 1.14 bits per heavy atom. The number of nitrogens with zero attached hydrogens (tertiary/aromatic N) is 2. The number of esters is 1. The maximum atomic E-state index is 14.3. The van der Waals surface area contributed by atoms with Crippen molar-refractivity contribution in [3.63, 3.8) is 0 Å². The highest BCUT2D eigenvalue weighted by Gasteiger charge is 2.15. The highest BCUT2D eigenvalue weighted by atomic mass is 19.1. The largest absolute Gasteiger partial charge is 0.497 e. The van der Waals surface area contributed by atoms with E-state index in [9.17, 15) is 9.18 Å². The normalized spacial score (nSPS) is 10.4. The van der Waals surface area contributed by atoms with Crippen LogP contribution in [0, 0.1) is 17.1 Å². The molecule has 1 heterocycles. The number of halogens is 1. The lowest BCUT2D eigenvalue weighted by molar-refractivity contribution is -0.143. The number of aryl methyl sites for hydroxylation is 1. The minimum Gasteiger partial charge on any atom is -0.497 e. The summed E-state index contributed by atoms with van der Waals surface area (Å²) < 4.78 is 26.4. The molecule has 0 saturated heterocycles. The van der Waals surface area contributed by atoms with Crippen molar-refractivity contribution in [3.8, 4) is 28.8 Å². The Labute approximate surface area is 168 Å². The second-order valence-electron chi connectivity index (χ2n) is 6.35. The number of hydrogen-bond donors (Lipinski definition) is 0. The van der Waals surface area contributed by atoms with Gasteiger partial charge in [-0.05, 0) is 73.5 Å². The highest BCUT2D eigenvalue weighted by molar-refractivity contribution is 5.70. The van der Waals surface area contributed by atoms with Gasteiger partial charge in [0.15, 0.2) is 0 Å². The Kier molecular flexibility index (Phi) is 6.30. The van der Waals surface area contributed by atoms with Gasteiger partial charge in [-0.1, -0.05) is 0 Å². The third-order valence-electron chi connectivity index (χ3n) is 4.57. The summed E-state index contributed by atoms with van der Waals surface area (Å²) in [5.74, 6) is -0.133. The van der Waals surface area contributed by atoms with Crippen molar-refractivity contribution in [3.05, 3.63) is 71.7 Å². The predicted molar refractivity (Wildman–Crippen MR) is 107 cm³/mol. The Morgan fingerprint density at radius 2 is 1.90 bits per heavy atom. The van der Waals surface area contributed by atoms with Gasteiger partial charge in [0.25, 0.3) is 0 Å². The first-order chi connectivity index (χ1) is 14.1. The molecule has 0 N–H and O–H groups in total. The number of aromatic nitrogens is 1. The Bertz CT molecular complexity index is 1050. The number of nitriles is 1. The second kappa shape index (κ2) is 9.07. The van der Waals surface area contributed by atoms with Crippen molar-refractivity contribution >= 4 is 5.97 Å². The second-order valence-corrected chi connectivity index (χ2v) is 6.35. The van der Waals surface area contributed by atoms with Crippen LogP contribution in [0.3, 0.4) is 0 Å². The van der Waals surface area contributed by atoms with Gasteiger partial charge in [-0.25, -0.2) is 4.39 Å². The average Bonchev–Trinajstić information content (AvgIpc) is 3.16. The van der Waals surface area contributed by atoms with Crippen molar-refractivity contribution in [2.24, 2.45) is 0 Å². The summed E-state index contributed by atoms with van der Waals surface area (Å²) in [6.45, 7) is 2.10. The summed E-state index contributed by atoms with van der Waals surface area (Å²) in [5, 5.41) is 9.01. The van der Waals surface area contributed by atoms with Gasteiger partial charge in [-0.2, -0.15) is 5.26 Å². The molecule has 148 valence electrons. The third kappa shape index (κ3) is 4.46. The molecule has 2 aromatic carbocycles. The predicted octanol–water partition coefficient (Wildman–Crippen LogP) is 4.66. The van der Waals surface area contributed by atoms with E-state index in [2.05, 4.69) is 0 Å². The SMILES string of the molecule is CCOC(=O)CCc1ccc(-c2ccc(OC)cc2)n1-c1ccc(C#N)c(F)c1. The molecule has 6 heteroatoms. The maximum Gasteiger partial charge on any atom is 0.306 e. The molecule has 0 unspecified atom stereocenters. The van der Waals surface area contributed by atoms with E-state index in [1.165, 1.54) is 12.1 Å². The molecule has 0 saturated carbocycles. The van der Waals surface area contributed by atoms with Gasteiger partial charge < -0.3 is 14.0 Å². The number of ether oxygens (including phenoxy) is 2. The number of methoxy groups -OCH3 is 1. The van der Waals surface area contributed by atoms with Gasteiger partial charge in [-0.15, -0.1) is 0 Å². The summed E-state index contributed by atoms with van der Waals surface area (Å²) in [6, 6.07) is 17.7. The van der Waals surface area contributed by atoms with Crippen LogP contribution >= 0.6 is 0 Å². The van der Waals surface area contributed by atoms with Gasteiger partial charge in [0, 0.05) is 11.4 Å². The van der Waals surface area contributed by atoms with Gasteiger partial charge in [-0.3, -0.25) is 4.79 Å². The number of rotatable bonds is 7. The van der Waals surface area contributed by atoms with Crippen LogP contribution in [0.5, 0.6) is 5.75 Å². The van der Waals surface area contributed by atoms with E-state index in [1.54, 1.807) is 20.1 Å². The molecule has 0 atom stereocenters. The minimum atomic E-state index is -0.587. The maximum absolute atomic E-state index is 14.3. The van der Waals surface area contributed by atoms with Gasteiger partial charge in [0.2, 0.25) is 0 Å². The van der Waals surface area contributed by atoms with E-state index in [1.807, 2.05) is 47.0 Å². The summed E-state index contributed by atoms with van der Waals surface area (Å²) in [6.07, 6.45) is 0.662. The van der Waals surface area contributed by atoms with Crippen LogP contribution in [0.2, 0.25) is 0 Å². The molecule has 0 fully saturated rings. The molecular formula is C23H21FN2O3. The average molecular weight is 392 g/mol. The number of carbonyl (C=O) groups excluding carboxylic acids is 1. The molecule has 5 nitrogen and oxygen atoms in total. The zero-order chi connectivity index (χ0) is 20.8. The lowest BCUT2D eigenvalue weighted by Gasteiger charge is -2.15. The monoisotopic (exact) mass is 392 g/mol. The van der Waals surface area contributed by atoms with Crippen LogP contribution in [-0.4, -0.2) is 24.3 Å². The van der Waals surface area contributed by atoms with E-state index in [0.717, 1.165) is 22.7 Å². The lowest BCUT2D eigenvalue weighted by atomic mass is 10.1. The van der Waals surface area contributed by atoms with Crippen molar-refractivity contribution in [1.29, 1.82) is 5.26 Å². The van der Waals surface area contributed by atoms with Crippen molar-refractivity contribution in [1.82, 2.24) is 4.57 Å². The summed E-state index contributed by atoms with van der Waals surface area (Å²) >= 11 is 0. The van der Waals surface area contributed by atoms with E-state index in [0.29, 0.717) is 18.7 Å². The minimum absolute atomic E-state index is 0.0139. The van der Waals surface area contributed by atoms with Crippen LogP contribution in [0.25, 0.3) is 16.9 Å². The molecule has 3 aromatic rings. The number of hydrogen-bond acceptors (Lipinski definition) is 4. The molecule has 0 amide bonds. The molecule has 0 aliphatic heterocycles. The molecule has 0 bridgehead atoms. The Hall–Kier alpha value is -3.59. The molecule has 0 spiro atoms. The zero-order valence-corrected chi connectivity index (χ0v) is 16.3. The van der Waals surface area contributed by atoms with Crippen molar-refractivity contribution in [2.75, 3.05) is 13.7 Å². The quantitative estimate of drug-likeness (QED) is 0.549. The molecule has 1 aromatic heterocycles. The standard InChI is InChI=1S/C23H21FN2O3/c1-3-29-23(27)13-9-18-8-12-22(16-5-10-20(28-2)11-6-16)26(18)19-7-4-17(15-25)21(24)14-19/h4-8,10-12,14H,3,9,13H2,1-2H3. The number of benzene rings is 2. The zero-order valence-electron chi connectivity index (χ0n) is 16.3. The highest BCUT2D eigenvalue weighted by Crippen LogP contribution is 2.29. The first-order valence-corrected chi connectivity index (χ1v) is 9.28. The van der Waals surface area contributed by atoms with Crippen LogP contribution < -0.4 is 4.74 Å². The summed E-state index contributed by atoms with van der Waals surface area (Å²) in [7, 11) is 1.60. The number of carbonyl (C=O) groups is 1. The fourth-order valence-corrected chi connectivity index (χ4v) is 3.16. The molecule has 29 heavy (non-hydrogen) atoms. The fourth-order valence-electron chi connectivity index (χ4n) is 3.16.